The van der Waals surface area contributed by atoms with E-state index in [-0.39, 0.29) is 5.56 Å². The molecule has 33 heavy (non-hydrogen) atoms. The number of benzene rings is 2. The summed E-state index contributed by atoms with van der Waals surface area (Å²) in [6.45, 7) is 6.74. The minimum Gasteiger partial charge on any atom is -0.495 e. The molecule has 4 rings (SSSR count). The van der Waals surface area contributed by atoms with E-state index >= 15 is 0 Å². The number of anilines is 1. The molecule has 176 valence electrons. The highest BCUT2D eigenvalue weighted by molar-refractivity contribution is 6.33. The summed E-state index contributed by atoms with van der Waals surface area (Å²) in [5.41, 5.74) is -1.77. The van der Waals surface area contributed by atoms with Crippen molar-refractivity contribution in [3.05, 3.63) is 58.0 Å². The Balaban J connectivity index is 2.00. The van der Waals surface area contributed by atoms with E-state index in [0.29, 0.717) is 44.3 Å². The van der Waals surface area contributed by atoms with Crippen LogP contribution in [0, 0.1) is 13.8 Å². The predicted octanol–water partition coefficient (Wildman–Crippen LogP) is 6.04. The van der Waals surface area contributed by atoms with Gasteiger partial charge in [-0.25, -0.2) is 9.97 Å². The van der Waals surface area contributed by atoms with Gasteiger partial charge in [0, 0.05) is 22.8 Å². The Morgan fingerprint density at radius 3 is 2.58 bits per heavy atom. The quantitative estimate of drug-likeness (QED) is 0.479. The molecule has 0 saturated carbocycles. The van der Waals surface area contributed by atoms with Gasteiger partial charge in [0.15, 0.2) is 5.60 Å². The van der Waals surface area contributed by atoms with Crippen molar-refractivity contribution in [2.24, 2.45) is 0 Å². The van der Waals surface area contributed by atoms with Gasteiger partial charge in [-0.1, -0.05) is 37.6 Å². The highest BCUT2D eigenvalue weighted by atomic mass is 35.5. The molecule has 1 aliphatic carbocycles. The molecule has 2 aromatic carbocycles. The number of fused-ring (bicyclic) bond motifs is 2. The fraction of sp³-hybridized carbons (Fsp3) is 0.417. The van der Waals surface area contributed by atoms with Gasteiger partial charge in [0.1, 0.15) is 11.6 Å². The molecule has 0 aliphatic heterocycles. The van der Waals surface area contributed by atoms with E-state index in [1.54, 1.807) is 58.2 Å². The van der Waals surface area contributed by atoms with Crippen LogP contribution in [0.4, 0.5) is 18.9 Å². The lowest BCUT2D eigenvalue weighted by atomic mass is 9.63. The summed E-state index contributed by atoms with van der Waals surface area (Å²) >= 11 is 6.47. The third kappa shape index (κ3) is 3.69. The lowest BCUT2D eigenvalue weighted by Gasteiger charge is -2.49. The molecule has 0 fully saturated rings. The lowest BCUT2D eigenvalue weighted by molar-refractivity contribution is -0.275. The van der Waals surface area contributed by atoms with Crippen LogP contribution in [0.3, 0.4) is 0 Å². The SMILES string of the molecule is COc1c(Cl)c(C)cc2c1C(C)(C)CC(O)(C(F)(F)F)C2Nc1cccc2nc(C)ncc12. The molecular formula is C24H25ClF3N3O2. The third-order valence-electron chi connectivity index (χ3n) is 6.35. The molecular weight excluding hydrogens is 455 g/mol. The maximum atomic E-state index is 14.5. The fourth-order valence-corrected chi connectivity index (χ4v) is 5.14. The summed E-state index contributed by atoms with van der Waals surface area (Å²) in [4.78, 5) is 8.56. The number of aromatic nitrogens is 2. The molecule has 1 aromatic heterocycles. The summed E-state index contributed by atoms with van der Waals surface area (Å²) in [5.74, 6) is 0.871. The average molecular weight is 480 g/mol. The number of halogens is 4. The number of nitrogens with one attached hydrogen (secondary N) is 1. The molecule has 1 heterocycles. The van der Waals surface area contributed by atoms with Gasteiger partial charge < -0.3 is 15.2 Å². The topological polar surface area (TPSA) is 67.3 Å². The minimum atomic E-state index is -4.90. The smallest absolute Gasteiger partial charge is 0.419 e. The van der Waals surface area contributed by atoms with E-state index in [4.69, 9.17) is 16.3 Å². The first kappa shape index (κ1) is 23.6. The van der Waals surface area contributed by atoms with E-state index in [2.05, 4.69) is 15.3 Å². The summed E-state index contributed by atoms with van der Waals surface area (Å²) in [7, 11) is 1.44. The Labute approximate surface area is 195 Å². The molecule has 2 atom stereocenters. The van der Waals surface area contributed by atoms with Crippen molar-refractivity contribution >= 4 is 28.2 Å². The Kier molecular flexibility index (Phi) is 5.53. The van der Waals surface area contributed by atoms with Crippen molar-refractivity contribution in [1.29, 1.82) is 0 Å². The highest BCUT2D eigenvalue weighted by Gasteiger charge is 2.64. The Morgan fingerprint density at radius 2 is 1.94 bits per heavy atom. The van der Waals surface area contributed by atoms with Gasteiger partial charge in [-0.3, -0.25) is 0 Å². The number of nitrogens with zero attached hydrogens (tertiary/aromatic N) is 2. The van der Waals surface area contributed by atoms with E-state index in [1.807, 2.05) is 0 Å². The van der Waals surface area contributed by atoms with Crippen LogP contribution >= 0.6 is 11.6 Å². The van der Waals surface area contributed by atoms with Gasteiger partial charge in [0.25, 0.3) is 0 Å². The van der Waals surface area contributed by atoms with Crippen molar-refractivity contribution < 1.29 is 23.0 Å². The predicted molar refractivity (Wildman–Crippen MR) is 122 cm³/mol. The van der Waals surface area contributed by atoms with E-state index in [1.165, 1.54) is 7.11 Å². The molecule has 2 unspecified atom stereocenters. The van der Waals surface area contributed by atoms with Crippen LogP contribution in [0.5, 0.6) is 5.75 Å². The molecule has 3 aromatic rings. The van der Waals surface area contributed by atoms with Crippen LogP contribution < -0.4 is 10.1 Å². The number of rotatable bonds is 3. The number of methoxy groups -OCH3 is 1. The Morgan fingerprint density at radius 1 is 1.24 bits per heavy atom. The molecule has 9 heteroatoms. The lowest BCUT2D eigenvalue weighted by Crippen LogP contribution is -2.58. The van der Waals surface area contributed by atoms with E-state index < -0.39 is 29.7 Å². The second-order valence-electron chi connectivity index (χ2n) is 9.22. The maximum Gasteiger partial charge on any atom is 0.419 e. The van der Waals surface area contributed by atoms with Crippen molar-refractivity contribution in [2.75, 3.05) is 12.4 Å². The standard InChI is InChI=1S/C24H25ClF3N3O2/c1-12-9-14-18(20(33-5)19(12)25)22(3,4)11-23(32,24(26,27)28)21(14)31-17-8-6-7-16-15(17)10-29-13(2)30-16/h6-10,21,31-32H,11H2,1-5H3. The van der Waals surface area contributed by atoms with Crippen molar-refractivity contribution in [1.82, 2.24) is 9.97 Å². The molecule has 0 spiro atoms. The number of hydrogen-bond acceptors (Lipinski definition) is 5. The molecule has 5 nitrogen and oxygen atoms in total. The summed E-state index contributed by atoms with van der Waals surface area (Å²) < 4.78 is 49.0. The largest absolute Gasteiger partial charge is 0.495 e. The first-order chi connectivity index (χ1) is 15.3. The van der Waals surface area contributed by atoms with Crippen molar-refractivity contribution in [3.8, 4) is 5.75 Å². The van der Waals surface area contributed by atoms with Gasteiger partial charge in [-0.05, 0) is 48.9 Å². The number of hydrogen-bond donors (Lipinski definition) is 2. The molecule has 0 radical (unpaired) electrons. The highest BCUT2D eigenvalue weighted by Crippen LogP contribution is 2.57. The zero-order chi connectivity index (χ0) is 24.3. The Bertz CT molecular complexity index is 1250. The molecule has 0 amide bonds. The van der Waals surface area contributed by atoms with Crippen LogP contribution in [0.1, 0.15) is 48.8 Å². The van der Waals surface area contributed by atoms with Gasteiger partial charge in [0.2, 0.25) is 0 Å². The van der Waals surface area contributed by atoms with Crippen LogP contribution in [0.25, 0.3) is 10.9 Å². The van der Waals surface area contributed by atoms with E-state index in [9.17, 15) is 18.3 Å². The monoisotopic (exact) mass is 479 g/mol. The molecule has 1 aliphatic rings. The fourth-order valence-electron chi connectivity index (χ4n) is 4.92. The normalized spacial score (nSPS) is 22.2. The number of ether oxygens (including phenoxy) is 1. The van der Waals surface area contributed by atoms with Gasteiger partial charge in [-0.2, -0.15) is 13.2 Å². The zero-order valence-corrected chi connectivity index (χ0v) is 19.7. The first-order valence-corrected chi connectivity index (χ1v) is 10.8. The van der Waals surface area contributed by atoms with Gasteiger partial charge in [-0.15, -0.1) is 0 Å². The number of aliphatic hydroxyl groups is 1. The second-order valence-corrected chi connectivity index (χ2v) is 9.60. The van der Waals surface area contributed by atoms with Gasteiger partial charge in [0.05, 0.1) is 23.7 Å². The number of aryl methyl sites for hydroxylation is 2. The molecule has 0 bridgehead atoms. The minimum absolute atomic E-state index is 0.287. The maximum absolute atomic E-state index is 14.5. The zero-order valence-electron chi connectivity index (χ0n) is 18.9. The van der Waals surface area contributed by atoms with Crippen LogP contribution in [-0.4, -0.2) is 34.0 Å². The first-order valence-electron chi connectivity index (χ1n) is 10.5. The van der Waals surface area contributed by atoms with Gasteiger partial charge >= 0.3 is 6.18 Å². The second kappa shape index (κ2) is 7.74. The van der Waals surface area contributed by atoms with E-state index in [0.717, 1.165) is 0 Å². The van der Waals surface area contributed by atoms with Crippen LogP contribution in [0.15, 0.2) is 30.5 Å². The number of alkyl halides is 3. The summed E-state index contributed by atoms with van der Waals surface area (Å²) in [6.07, 6.45) is -3.92. The average Bonchev–Trinajstić information content (AvgIpc) is 2.71. The van der Waals surface area contributed by atoms with Crippen molar-refractivity contribution in [2.45, 2.75) is 57.3 Å². The van der Waals surface area contributed by atoms with Crippen molar-refractivity contribution in [3.63, 3.8) is 0 Å². The Hall–Kier alpha value is -2.58. The van der Waals surface area contributed by atoms with Crippen LogP contribution in [0.2, 0.25) is 5.02 Å². The molecule has 2 N–H and O–H groups in total. The summed E-state index contributed by atoms with van der Waals surface area (Å²) in [6, 6.07) is 5.19. The van der Waals surface area contributed by atoms with Crippen LogP contribution in [-0.2, 0) is 5.41 Å². The summed E-state index contributed by atoms with van der Waals surface area (Å²) in [5, 5.41) is 15.1. The third-order valence-corrected chi connectivity index (χ3v) is 6.82. The molecule has 0 saturated heterocycles.